The van der Waals surface area contributed by atoms with E-state index in [9.17, 15) is 14.9 Å². The molecule has 0 radical (unpaired) electrons. The Morgan fingerprint density at radius 2 is 2.09 bits per heavy atom. The van der Waals surface area contributed by atoms with Gasteiger partial charge in [-0.25, -0.2) is 9.48 Å². The van der Waals surface area contributed by atoms with Gasteiger partial charge in [0.05, 0.1) is 11.4 Å². The zero-order valence-electron chi connectivity index (χ0n) is 17.4. The fourth-order valence-corrected chi connectivity index (χ4v) is 4.41. The minimum atomic E-state index is -0.634. The average molecular weight is 469 g/mol. The Balaban J connectivity index is 1.49. The van der Waals surface area contributed by atoms with Crippen LogP contribution in [0.3, 0.4) is 0 Å². The molecule has 1 N–H and O–H groups in total. The number of halogens is 1. The summed E-state index contributed by atoms with van der Waals surface area (Å²) < 4.78 is 12.3. The number of aryl methyl sites for hydroxylation is 2. The Morgan fingerprint density at radius 1 is 1.31 bits per heavy atom. The van der Waals surface area contributed by atoms with Crippen molar-refractivity contribution in [3.8, 4) is 11.8 Å². The lowest BCUT2D eigenvalue weighted by Crippen LogP contribution is -2.20. The molecule has 162 valence electrons. The average Bonchev–Trinajstić information content (AvgIpc) is 3.40. The van der Waals surface area contributed by atoms with Crippen molar-refractivity contribution in [2.75, 3.05) is 11.9 Å². The maximum Gasteiger partial charge on any atom is 0.348 e. The van der Waals surface area contributed by atoms with Gasteiger partial charge in [-0.3, -0.25) is 10.1 Å². The summed E-state index contributed by atoms with van der Waals surface area (Å²) in [6, 6.07) is 10.9. The summed E-state index contributed by atoms with van der Waals surface area (Å²) in [6.45, 7) is 4.75. The molecule has 0 bridgehead atoms. The minimum absolute atomic E-state index is 0.0441. The van der Waals surface area contributed by atoms with Gasteiger partial charge < -0.3 is 9.15 Å². The van der Waals surface area contributed by atoms with Crippen molar-refractivity contribution in [2.45, 2.75) is 20.8 Å². The number of carbonyl (C=O) groups excluding carboxylic acids is 2. The fourth-order valence-electron chi connectivity index (χ4n) is 3.15. The molecule has 0 aliphatic carbocycles. The largest absolute Gasteiger partial charge is 0.451 e. The second-order valence-corrected chi connectivity index (χ2v) is 8.50. The molecule has 3 aromatic heterocycles. The second kappa shape index (κ2) is 8.49. The Kier molecular flexibility index (Phi) is 5.74. The van der Waals surface area contributed by atoms with E-state index in [1.165, 1.54) is 11.3 Å². The van der Waals surface area contributed by atoms with Gasteiger partial charge in [-0.05, 0) is 45.0 Å². The normalized spacial score (nSPS) is 10.8. The molecule has 4 rings (SSSR count). The van der Waals surface area contributed by atoms with Gasteiger partial charge in [0.15, 0.2) is 6.61 Å². The molecule has 0 spiro atoms. The van der Waals surface area contributed by atoms with Crippen LogP contribution in [-0.2, 0) is 9.53 Å². The number of amides is 1. The van der Waals surface area contributed by atoms with Crippen molar-refractivity contribution in [3.05, 3.63) is 62.8 Å². The number of nitrogens with zero attached hydrogens (tertiary/aromatic N) is 3. The van der Waals surface area contributed by atoms with Gasteiger partial charge in [0.25, 0.3) is 5.91 Å². The molecule has 0 aliphatic heterocycles. The third-order valence-electron chi connectivity index (χ3n) is 4.88. The van der Waals surface area contributed by atoms with Gasteiger partial charge in [0.2, 0.25) is 5.88 Å². The summed E-state index contributed by atoms with van der Waals surface area (Å²) in [5.74, 6) is -0.664. The van der Waals surface area contributed by atoms with Crippen molar-refractivity contribution in [2.24, 2.45) is 0 Å². The molecule has 4 aromatic rings. The minimum Gasteiger partial charge on any atom is -0.451 e. The molecule has 8 nitrogen and oxygen atoms in total. The van der Waals surface area contributed by atoms with Crippen LogP contribution >= 0.6 is 22.9 Å². The lowest BCUT2D eigenvalue weighted by molar-refractivity contribution is -0.119. The van der Waals surface area contributed by atoms with E-state index in [1.54, 1.807) is 36.7 Å². The molecule has 0 atom stereocenters. The van der Waals surface area contributed by atoms with E-state index in [4.69, 9.17) is 20.8 Å². The van der Waals surface area contributed by atoms with Gasteiger partial charge >= 0.3 is 5.97 Å². The summed E-state index contributed by atoms with van der Waals surface area (Å²) in [5.41, 5.74) is 2.41. The van der Waals surface area contributed by atoms with Gasteiger partial charge in [-0.2, -0.15) is 10.4 Å². The Bertz CT molecular complexity index is 1410. The number of aromatic nitrogens is 2. The van der Waals surface area contributed by atoms with E-state index in [0.29, 0.717) is 21.2 Å². The fraction of sp³-hybridized carbons (Fsp3) is 0.182. The number of carbonyl (C=O) groups is 2. The van der Waals surface area contributed by atoms with Crippen LogP contribution in [0.25, 0.3) is 15.9 Å². The van der Waals surface area contributed by atoms with E-state index in [1.807, 2.05) is 25.1 Å². The van der Waals surface area contributed by atoms with Crippen LogP contribution < -0.4 is 5.32 Å². The van der Waals surface area contributed by atoms with Crippen molar-refractivity contribution in [1.29, 1.82) is 5.26 Å². The van der Waals surface area contributed by atoms with Crippen LogP contribution in [0.2, 0.25) is 5.02 Å². The standard InChI is InChI=1S/C22H17ClN4O4S/c1-11-13(3)31-20(17(11)9-24)25-19(28)10-30-22(29)18-8-16-12(2)26-27(21(16)32-18)15-6-4-5-14(23)7-15/h4-8H,10H2,1-3H3,(H,25,28). The Hall–Kier alpha value is -3.61. The second-order valence-electron chi connectivity index (χ2n) is 7.03. The van der Waals surface area contributed by atoms with Crippen LogP contribution in [0.5, 0.6) is 0 Å². The number of nitrogens with one attached hydrogen (secondary N) is 1. The number of hydrogen-bond donors (Lipinski definition) is 1. The highest BCUT2D eigenvalue weighted by Crippen LogP contribution is 2.31. The molecule has 0 saturated carbocycles. The molecular formula is C22H17ClN4O4S. The Morgan fingerprint density at radius 3 is 2.81 bits per heavy atom. The van der Waals surface area contributed by atoms with Gasteiger partial charge in [-0.15, -0.1) is 11.3 Å². The molecule has 0 aliphatic rings. The molecule has 0 fully saturated rings. The molecular weight excluding hydrogens is 452 g/mol. The summed E-state index contributed by atoms with van der Waals surface area (Å²) in [6.07, 6.45) is 0. The van der Waals surface area contributed by atoms with E-state index in [2.05, 4.69) is 10.4 Å². The first-order valence-corrected chi connectivity index (χ1v) is 10.7. The van der Waals surface area contributed by atoms with Crippen LogP contribution in [0.15, 0.2) is 34.7 Å². The zero-order chi connectivity index (χ0) is 23.0. The van der Waals surface area contributed by atoms with Crippen LogP contribution in [0.1, 0.15) is 32.3 Å². The number of ether oxygens (including phenoxy) is 1. The first kappa shape index (κ1) is 21.6. The summed E-state index contributed by atoms with van der Waals surface area (Å²) in [7, 11) is 0. The highest BCUT2D eigenvalue weighted by Gasteiger charge is 2.21. The predicted molar refractivity (Wildman–Crippen MR) is 121 cm³/mol. The lowest BCUT2D eigenvalue weighted by atomic mass is 10.2. The predicted octanol–water partition coefficient (Wildman–Crippen LogP) is 4.93. The lowest BCUT2D eigenvalue weighted by Gasteiger charge is -2.04. The summed E-state index contributed by atoms with van der Waals surface area (Å²) in [5, 5.41) is 17.6. The number of hydrogen-bond acceptors (Lipinski definition) is 7. The highest BCUT2D eigenvalue weighted by atomic mass is 35.5. The number of anilines is 1. The van der Waals surface area contributed by atoms with Crippen LogP contribution in [-0.4, -0.2) is 28.3 Å². The number of benzene rings is 1. The van der Waals surface area contributed by atoms with Crippen LogP contribution in [0.4, 0.5) is 5.88 Å². The molecule has 1 aromatic carbocycles. The number of fused-ring (bicyclic) bond motifs is 1. The zero-order valence-corrected chi connectivity index (χ0v) is 18.9. The molecule has 1 amide bonds. The topological polar surface area (TPSA) is 110 Å². The van der Waals surface area contributed by atoms with Crippen molar-refractivity contribution in [1.82, 2.24) is 9.78 Å². The first-order valence-electron chi connectivity index (χ1n) is 9.50. The number of rotatable bonds is 5. The quantitative estimate of drug-likeness (QED) is 0.416. The smallest absolute Gasteiger partial charge is 0.348 e. The summed E-state index contributed by atoms with van der Waals surface area (Å²) in [4.78, 5) is 25.9. The van der Waals surface area contributed by atoms with E-state index in [0.717, 1.165) is 21.6 Å². The van der Waals surface area contributed by atoms with Crippen molar-refractivity contribution in [3.63, 3.8) is 0 Å². The van der Waals surface area contributed by atoms with E-state index < -0.39 is 18.5 Å². The maximum absolute atomic E-state index is 12.5. The first-order chi connectivity index (χ1) is 15.3. The van der Waals surface area contributed by atoms with Gasteiger partial charge in [-0.1, -0.05) is 17.7 Å². The molecule has 0 unspecified atom stereocenters. The molecule has 0 saturated heterocycles. The van der Waals surface area contributed by atoms with Crippen molar-refractivity contribution < 1.29 is 18.7 Å². The third kappa shape index (κ3) is 3.98. The van der Waals surface area contributed by atoms with E-state index in [-0.39, 0.29) is 11.4 Å². The number of thiophene rings is 1. The number of furan rings is 1. The number of nitriles is 1. The highest BCUT2D eigenvalue weighted by molar-refractivity contribution is 7.20. The van der Waals surface area contributed by atoms with Gasteiger partial charge in [0, 0.05) is 16.0 Å². The SMILES string of the molecule is Cc1oc(NC(=O)COC(=O)c2cc3c(C)nn(-c4cccc(Cl)c4)c3s2)c(C#N)c1C. The third-order valence-corrected chi connectivity index (χ3v) is 6.21. The molecule has 3 heterocycles. The van der Waals surface area contributed by atoms with E-state index >= 15 is 0 Å². The number of esters is 1. The molecule has 32 heavy (non-hydrogen) atoms. The van der Waals surface area contributed by atoms with Gasteiger partial charge in [0.1, 0.15) is 27.1 Å². The molecule has 10 heteroatoms. The van der Waals surface area contributed by atoms with Crippen LogP contribution in [0, 0.1) is 32.1 Å². The monoisotopic (exact) mass is 468 g/mol. The maximum atomic E-state index is 12.5. The summed E-state index contributed by atoms with van der Waals surface area (Å²) >= 11 is 7.30. The Labute approximate surface area is 192 Å². The van der Waals surface area contributed by atoms with Crippen molar-refractivity contribution >= 4 is 50.9 Å².